The molecule has 1 aliphatic carbocycles. The predicted octanol–water partition coefficient (Wildman–Crippen LogP) is -0.443. The fourth-order valence-electron chi connectivity index (χ4n) is 1.44. The summed E-state index contributed by atoms with van der Waals surface area (Å²) < 4.78 is 4.72. The molecule has 104 valence electrons. The van der Waals surface area contributed by atoms with E-state index in [0.717, 1.165) is 12.8 Å². The monoisotopic (exact) mass is 258 g/mol. The molecule has 0 heterocycles. The largest absolute Gasteiger partial charge is 0.466 e. The molecule has 0 aromatic carbocycles. The van der Waals surface area contributed by atoms with Crippen molar-refractivity contribution in [2.45, 2.75) is 51.3 Å². The summed E-state index contributed by atoms with van der Waals surface area (Å²) in [4.78, 5) is 22.7. The number of esters is 1. The maximum atomic E-state index is 11.6. The second-order valence-corrected chi connectivity index (χ2v) is 4.58. The lowest BCUT2D eigenvalue weighted by molar-refractivity contribution is -0.145. The minimum Gasteiger partial charge on any atom is -0.466 e. The van der Waals surface area contributed by atoms with Crippen LogP contribution >= 0.6 is 0 Å². The van der Waals surface area contributed by atoms with Gasteiger partial charge in [-0.2, -0.15) is 0 Å². The van der Waals surface area contributed by atoms with Crippen LogP contribution in [0.5, 0.6) is 0 Å². The summed E-state index contributed by atoms with van der Waals surface area (Å²) in [5, 5.41) is 15.3. The zero-order chi connectivity index (χ0) is 13.5. The summed E-state index contributed by atoms with van der Waals surface area (Å²) in [5.41, 5.74) is 0. The van der Waals surface area contributed by atoms with Crippen molar-refractivity contribution in [3.8, 4) is 0 Å². The number of rotatable bonds is 8. The van der Waals surface area contributed by atoms with E-state index in [1.165, 1.54) is 0 Å². The van der Waals surface area contributed by atoms with Gasteiger partial charge in [0.1, 0.15) is 0 Å². The molecule has 6 heteroatoms. The summed E-state index contributed by atoms with van der Waals surface area (Å²) in [6.07, 6.45) is 1.20. The molecule has 0 bridgehead atoms. The molecular weight excluding hydrogens is 236 g/mol. The van der Waals surface area contributed by atoms with Crippen molar-refractivity contribution in [2.24, 2.45) is 0 Å². The van der Waals surface area contributed by atoms with Gasteiger partial charge < -0.3 is 20.5 Å². The van der Waals surface area contributed by atoms with Crippen LogP contribution in [0.25, 0.3) is 0 Å². The van der Waals surface area contributed by atoms with Crippen LogP contribution in [0.1, 0.15) is 33.1 Å². The van der Waals surface area contributed by atoms with Crippen LogP contribution in [-0.4, -0.2) is 48.3 Å². The molecule has 1 rings (SSSR count). The average Bonchev–Trinajstić information content (AvgIpc) is 3.09. The molecule has 1 aliphatic rings. The zero-order valence-corrected chi connectivity index (χ0v) is 10.9. The average molecular weight is 258 g/mol. The third-order valence-electron chi connectivity index (χ3n) is 2.68. The van der Waals surface area contributed by atoms with Gasteiger partial charge in [-0.3, -0.25) is 9.59 Å². The molecule has 0 radical (unpaired) electrons. The van der Waals surface area contributed by atoms with E-state index >= 15 is 0 Å². The van der Waals surface area contributed by atoms with Crippen molar-refractivity contribution in [3.05, 3.63) is 0 Å². The van der Waals surface area contributed by atoms with E-state index in [0.29, 0.717) is 12.6 Å². The Balaban J connectivity index is 2.13. The molecular formula is C12H22N2O4. The fourth-order valence-corrected chi connectivity index (χ4v) is 1.44. The first-order chi connectivity index (χ1) is 8.52. The first kappa shape index (κ1) is 14.9. The number of aliphatic hydroxyl groups excluding tert-OH is 1. The molecule has 0 spiro atoms. The van der Waals surface area contributed by atoms with E-state index in [2.05, 4.69) is 10.6 Å². The number of carbonyl (C=O) groups is 2. The Morgan fingerprint density at radius 3 is 2.67 bits per heavy atom. The smallest absolute Gasteiger partial charge is 0.308 e. The van der Waals surface area contributed by atoms with Crippen LogP contribution in [0, 0.1) is 0 Å². The standard InChI is InChI=1S/C12H22N2O4/c1-3-18-11(16)6-10(15)7-13-8(2)12(17)14-9-4-5-9/h8-10,13,15H,3-7H2,1-2H3,(H,14,17). The predicted molar refractivity (Wildman–Crippen MR) is 65.9 cm³/mol. The number of hydrogen-bond acceptors (Lipinski definition) is 5. The van der Waals surface area contributed by atoms with Gasteiger partial charge in [0.15, 0.2) is 0 Å². The van der Waals surface area contributed by atoms with Gasteiger partial charge >= 0.3 is 5.97 Å². The van der Waals surface area contributed by atoms with E-state index < -0.39 is 12.1 Å². The van der Waals surface area contributed by atoms with Crippen molar-refractivity contribution in [1.82, 2.24) is 10.6 Å². The van der Waals surface area contributed by atoms with Gasteiger partial charge in [-0.05, 0) is 26.7 Å². The normalized spacial score (nSPS) is 17.9. The third-order valence-corrected chi connectivity index (χ3v) is 2.68. The summed E-state index contributed by atoms with van der Waals surface area (Å²) in [6, 6.07) is -0.0475. The number of amides is 1. The van der Waals surface area contributed by atoms with Crippen LogP contribution in [0.15, 0.2) is 0 Å². The SMILES string of the molecule is CCOC(=O)CC(O)CNC(C)C(=O)NC1CC1. The summed E-state index contributed by atoms with van der Waals surface area (Å²) >= 11 is 0. The molecule has 0 aromatic rings. The highest BCUT2D eigenvalue weighted by molar-refractivity contribution is 5.81. The highest BCUT2D eigenvalue weighted by atomic mass is 16.5. The van der Waals surface area contributed by atoms with Gasteiger partial charge in [0, 0.05) is 12.6 Å². The summed E-state index contributed by atoms with van der Waals surface area (Å²) in [6.45, 7) is 3.94. The second-order valence-electron chi connectivity index (χ2n) is 4.58. The van der Waals surface area contributed by atoms with E-state index in [1.807, 2.05) is 0 Å². The van der Waals surface area contributed by atoms with Gasteiger partial charge in [0.05, 0.1) is 25.2 Å². The van der Waals surface area contributed by atoms with Crippen molar-refractivity contribution >= 4 is 11.9 Å². The van der Waals surface area contributed by atoms with Crippen LogP contribution in [-0.2, 0) is 14.3 Å². The van der Waals surface area contributed by atoms with Gasteiger partial charge in [-0.1, -0.05) is 0 Å². The maximum Gasteiger partial charge on any atom is 0.308 e. The van der Waals surface area contributed by atoms with E-state index in [9.17, 15) is 14.7 Å². The molecule has 0 aromatic heterocycles. The number of nitrogens with one attached hydrogen (secondary N) is 2. The molecule has 1 saturated carbocycles. The topological polar surface area (TPSA) is 87.7 Å². The zero-order valence-electron chi connectivity index (χ0n) is 10.9. The van der Waals surface area contributed by atoms with E-state index in [-0.39, 0.29) is 24.9 Å². The first-order valence-corrected chi connectivity index (χ1v) is 6.40. The Bertz CT molecular complexity index is 292. The molecule has 6 nitrogen and oxygen atoms in total. The van der Waals surface area contributed by atoms with Crippen LogP contribution in [0.2, 0.25) is 0 Å². The summed E-state index contributed by atoms with van der Waals surface area (Å²) in [5.74, 6) is -0.497. The molecule has 0 saturated heterocycles. The number of carbonyl (C=O) groups excluding carboxylic acids is 2. The number of hydrogen-bond donors (Lipinski definition) is 3. The lowest BCUT2D eigenvalue weighted by Crippen LogP contribution is -2.45. The molecule has 0 aliphatic heterocycles. The van der Waals surface area contributed by atoms with Crippen molar-refractivity contribution < 1.29 is 19.4 Å². The highest BCUT2D eigenvalue weighted by Gasteiger charge is 2.25. The number of aliphatic hydroxyl groups is 1. The molecule has 1 fully saturated rings. The molecule has 3 N–H and O–H groups in total. The Labute approximate surface area is 107 Å². The Morgan fingerprint density at radius 2 is 2.11 bits per heavy atom. The van der Waals surface area contributed by atoms with Crippen molar-refractivity contribution in [3.63, 3.8) is 0 Å². The highest BCUT2D eigenvalue weighted by Crippen LogP contribution is 2.18. The third kappa shape index (κ3) is 5.97. The molecule has 18 heavy (non-hydrogen) atoms. The Hall–Kier alpha value is -1.14. The van der Waals surface area contributed by atoms with Crippen molar-refractivity contribution in [1.29, 1.82) is 0 Å². The minimum atomic E-state index is -0.833. The molecule has 2 atom stereocenters. The summed E-state index contributed by atoms with van der Waals surface area (Å²) in [7, 11) is 0. The fraction of sp³-hybridized carbons (Fsp3) is 0.833. The molecule has 1 amide bonds. The minimum absolute atomic E-state index is 0.0577. The van der Waals surface area contributed by atoms with E-state index in [4.69, 9.17) is 4.74 Å². The number of ether oxygens (including phenoxy) is 1. The first-order valence-electron chi connectivity index (χ1n) is 6.40. The maximum absolute atomic E-state index is 11.6. The van der Waals surface area contributed by atoms with Gasteiger partial charge in [0.2, 0.25) is 5.91 Å². The van der Waals surface area contributed by atoms with Crippen molar-refractivity contribution in [2.75, 3.05) is 13.2 Å². The quantitative estimate of drug-likeness (QED) is 0.514. The second kappa shape index (κ2) is 7.33. The lowest BCUT2D eigenvalue weighted by Gasteiger charge is -2.16. The van der Waals surface area contributed by atoms with Crippen LogP contribution in [0.3, 0.4) is 0 Å². The van der Waals surface area contributed by atoms with Gasteiger partial charge in [-0.15, -0.1) is 0 Å². The Kier molecular flexibility index (Phi) is 6.07. The van der Waals surface area contributed by atoms with Gasteiger partial charge in [-0.25, -0.2) is 0 Å². The Morgan fingerprint density at radius 1 is 1.44 bits per heavy atom. The van der Waals surface area contributed by atoms with Crippen LogP contribution < -0.4 is 10.6 Å². The van der Waals surface area contributed by atoms with Crippen LogP contribution in [0.4, 0.5) is 0 Å². The lowest BCUT2D eigenvalue weighted by atomic mass is 10.2. The van der Waals surface area contributed by atoms with E-state index in [1.54, 1.807) is 13.8 Å². The molecule has 2 unspecified atom stereocenters. The van der Waals surface area contributed by atoms with Gasteiger partial charge in [0.25, 0.3) is 0 Å².